The van der Waals surface area contributed by atoms with Gasteiger partial charge in [-0.25, -0.2) is 4.98 Å². The number of nitrogens with one attached hydrogen (secondary N) is 3. The third-order valence-electron chi connectivity index (χ3n) is 4.32. The van der Waals surface area contributed by atoms with Gasteiger partial charge >= 0.3 is 0 Å². The lowest BCUT2D eigenvalue weighted by molar-refractivity contribution is 0.558. The number of aromatic amines is 2. The van der Waals surface area contributed by atoms with Crippen molar-refractivity contribution in [2.24, 2.45) is 5.73 Å². The summed E-state index contributed by atoms with van der Waals surface area (Å²) in [6.07, 6.45) is 8.15. The highest BCUT2D eigenvalue weighted by Gasteiger charge is 2.15. The van der Waals surface area contributed by atoms with Crippen LogP contribution in [0.5, 0.6) is 0 Å². The minimum absolute atomic E-state index is 0.0135. The molecule has 2 bridgehead atoms. The number of nitrogens with zero attached hydrogens (tertiary/aromatic N) is 2. The van der Waals surface area contributed by atoms with Crippen LogP contribution in [-0.4, -0.2) is 26.7 Å². The summed E-state index contributed by atoms with van der Waals surface area (Å²) in [4.78, 5) is 7.86. The molecule has 0 spiro atoms. The summed E-state index contributed by atoms with van der Waals surface area (Å²) in [5, 5.41) is 11.8. The molecule has 1 atom stereocenters. The van der Waals surface area contributed by atoms with Crippen molar-refractivity contribution >= 4 is 16.6 Å². The number of H-pyrrole nitrogens is 2. The van der Waals surface area contributed by atoms with Gasteiger partial charge in [-0.2, -0.15) is 5.10 Å². The van der Waals surface area contributed by atoms with Crippen molar-refractivity contribution < 1.29 is 0 Å². The van der Waals surface area contributed by atoms with E-state index >= 15 is 0 Å². The number of imidazole rings is 1. The largest absolute Gasteiger partial charge is 0.384 e. The number of aromatic nitrogens is 4. The number of anilines is 1. The summed E-state index contributed by atoms with van der Waals surface area (Å²) in [6.45, 7) is 0.965. The van der Waals surface area contributed by atoms with E-state index in [1.54, 1.807) is 0 Å². The molecule has 114 valence electrons. The van der Waals surface area contributed by atoms with Gasteiger partial charge in [0.15, 0.2) is 0 Å². The number of rotatable bonds is 0. The molecular formula is C16H20N6. The van der Waals surface area contributed by atoms with E-state index in [0.29, 0.717) is 0 Å². The van der Waals surface area contributed by atoms with Crippen molar-refractivity contribution in [1.82, 2.24) is 20.2 Å². The van der Waals surface area contributed by atoms with Gasteiger partial charge in [0.05, 0.1) is 29.6 Å². The van der Waals surface area contributed by atoms with E-state index in [1.165, 1.54) is 6.42 Å². The number of fused-ring (bicyclic) bond motifs is 5. The monoisotopic (exact) mass is 296 g/mol. The summed E-state index contributed by atoms with van der Waals surface area (Å²) in [5.74, 6) is 0.867. The van der Waals surface area contributed by atoms with Gasteiger partial charge in [0.1, 0.15) is 5.82 Å². The molecule has 3 heterocycles. The van der Waals surface area contributed by atoms with Gasteiger partial charge in [-0.1, -0.05) is 12.8 Å². The highest BCUT2D eigenvalue weighted by atomic mass is 15.1. The Hall–Kier alpha value is -2.34. The molecule has 6 heteroatoms. The van der Waals surface area contributed by atoms with Crippen LogP contribution in [0.3, 0.4) is 0 Å². The molecular weight excluding hydrogens is 276 g/mol. The fraction of sp³-hybridized carbons (Fsp3) is 0.375. The molecule has 0 unspecified atom stereocenters. The smallest absolute Gasteiger partial charge is 0.123 e. The Morgan fingerprint density at radius 1 is 1.14 bits per heavy atom. The highest BCUT2D eigenvalue weighted by Crippen LogP contribution is 2.32. The van der Waals surface area contributed by atoms with Crippen LogP contribution in [0.25, 0.3) is 22.2 Å². The van der Waals surface area contributed by atoms with Crippen LogP contribution in [0.4, 0.5) is 5.69 Å². The fourth-order valence-corrected chi connectivity index (χ4v) is 3.05. The standard InChI is InChI=1S/C16H20N6/c17-12-4-2-1-3-5-18-14-6-10-8-20-22-13(10)7-11(14)15-9-19-16(12)21-15/h6-9,12,18H,1-5,17H2,(H,19,21)(H,20,22)/t12-/m0/s1. The second-order valence-electron chi connectivity index (χ2n) is 5.92. The number of hydrogen-bond donors (Lipinski definition) is 4. The van der Waals surface area contributed by atoms with E-state index in [0.717, 1.165) is 59.5 Å². The Morgan fingerprint density at radius 2 is 2.09 bits per heavy atom. The van der Waals surface area contributed by atoms with Crippen LogP contribution in [0.2, 0.25) is 0 Å². The number of hydrogen-bond acceptors (Lipinski definition) is 4. The van der Waals surface area contributed by atoms with Gasteiger partial charge in [0.25, 0.3) is 0 Å². The summed E-state index contributed by atoms with van der Waals surface area (Å²) >= 11 is 0. The maximum atomic E-state index is 6.23. The topological polar surface area (TPSA) is 95.4 Å². The van der Waals surface area contributed by atoms with Crippen LogP contribution in [0.15, 0.2) is 24.5 Å². The molecule has 0 saturated heterocycles. The van der Waals surface area contributed by atoms with Gasteiger partial charge in [0, 0.05) is 23.2 Å². The Labute approximate surface area is 128 Å². The first-order chi connectivity index (χ1) is 10.8. The Kier molecular flexibility index (Phi) is 3.31. The van der Waals surface area contributed by atoms with Crippen LogP contribution >= 0.6 is 0 Å². The van der Waals surface area contributed by atoms with Gasteiger partial charge in [0.2, 0.25) is 0 Å². The second-order valence-corrected chi connectivity index (χ2v) is 5.92. The normalized spacial score (nSPS) is 19.0. The number of benzene rings is 1. The lowest BCUT2D eigenvalue weighted by Crippen LogP contribution is -2.12. The zero-order valence-electron chi connectivity index (χ0n) is 12.4. The summed E-state index contributed by atoms with van der Waals surface area (Å²) in [7, 11) is 0. The maximum Gasteiger partial charge on any atom is 0.123 e. The molecule has 6 nitrogen and oxygen atoms in total. The van der Waals surface area contributed by atoms with E-state index in [2.05, 4.69) is 37.6 Å². The minimum atomic E-state index is -0.0135. The molecule has 5 N–H and O–H groups in total. The van der Waals surface area contributed by atoms with Crippen LogP contribution < -0.4 is 11.1 Å². The molecule has 0 aliphatic carbocycles. The van der Waals surface area contributed by atoms with Crippen LogP contribution in [0, 0.1) is 0 Å². The van der Waals surface area contributed by atoms with Crippen LogP contribution in [0.1, 0.15) is 37.5 Å². The average molecular weight is 296 g/mol. The zero-order valence-corrected chi connectivity index (χ0v) is 12.4. The van der Waals surface area contributed by atoms with Crippen molar-refractivity contribution in [1.29, 1.82) is 0 Å². The van der Waals surface area contributed by atoms with Crippen LogP contribution in [-0.2, 0) is 0 Å². The molecule has 0 fully saturated rings. The molecule has 1 aliphatic heterocycles. The lowest BCUT2D eigenvalue weighted by Gasteiger charge is -2.14. The number of nitrogens with two attached hydrogens (primary N) is 1. The fourth-order valence-electron chi connectivity index (χ4n) is 3.05. The highest BCUT2D eigenvalue weighted by molar-refractivity contribution is 5.91. The summed E-state index contributed by atoms with van der Waals surface area (Å²) < 4.78 is 0. The van der Waals surface area contributed by atoms with Crippen molar-refractivity contribution in [3.63, 3.8) is 0 Å². The van der Waals surface area contributed by atoms with E-state index in [-0.39, 0.29) is 6.04 Å². The molecule has 1 aliphatic rings. The maximum absolute atomic E-state index is 6.23. The molecule has 0 radical (unpaired) electrons. The predicted molar refractivity (Wildman–Crippen MR) is 87.6 cm³/mol. The molecule has 2 aromatic heterocycles. The Morgan fingerprint density at radius 3 is 3.05 bits per heavy atom. The minimum Gasteiger partial charge on any atom is -0.384 e. The third kappa shape index (κ3) is 2.35. The quantitative estimate of drug-likeness (QED) is 0.513. The van der Waals surface area contributed by atoms with Crippen molar-refractivity contribution in [2.45, 2.75) is 31.7 Å². The molecule has 3 aromatic rings. The Bertz CT molecular complexity index is 787. The second kappa shape index (κ2) is 5.46. The van der Waals surface area contributed by atoms with Crippen molar-refractivity contribution in [3.8, 4) is 11.3 Å². The molecule has 4 rings (SSSR count). The predicted octanol–water partition coefficient (Wildman–Crippen LogP) is 2.94. The summed E-state index contributed by atoms with van der Waals surface area (Å²) in [6, 6.07) is 4.24. The van der Waals surface area contributed by atoms with E-state index in [4.69, 9.17) is 5.73 Å². The van der Waals surface area contributed by atoms with E-state index in [9.17, 15) is 0 Å². The first-order valence-electron chi connectivity index (χ1n) is 7.83. The van der Waals surface area contributed by atoms with Crippen molar-refractivity contribution in [2.75, 3.05) is 11.9 Å². The van der Waals surface area contributed by atoms with E-state index < -0.39 is 0 Å². The third-order valence-corrected chi connectivity index (χ3v) is 4.32. The Balaban J connectivity index is 1.84. The van der Waals surface area contributed by atoms with Gasteiger partial charge < -0.3 is 16.0 Å². The van der Waals surface area contributed by atoms with Gasteiger partial charge in [-0.15, -0.1) is 0 Å². The summed E-state index contributed by atoms with van der Waals surface area (Å²) in [5.41, 5.74) is 10.5. The molecule has 22 heavy (non-hydrogen) atoms. The van der Waals surface area contributed by atoms with Gasteiger partial charge in [-0.3, -0.25) is 5.10 Å². The zero-order chi connectivity index (χ0) is 14.9. The molecule has 0 saturated carbocycles. The first-order valence-corrected chi connectivity index (χ1v) is 7.83. The SMILES string of the molecule is N[C@H]1CCCCCNc2cc3cn[nH]c3cc2-c2cnc1[nH]2. The van der Waals surface area contributed by atoms with Gasteiger partial charge in [-0.05, 0) is 25.0 Å². The lowest BCUT2D eigenvalue weighted by atomic mass is 10.1. The molecule has 0 amide bonds. The average Bonchev–Trinajstić information content (AvgIpc) is 3.16. The van der Waals surface area contributed by atoms with Crippen molar-refractivity contribution in [3.05, 3.63) is 30.4 Å². The van der Waals surface area contributed by atoms with E-state index in [1.807, 2.05) is 12.4 Å². The first kappa shape index (κ1) is 13.3. The molecule has 1 aromatic carbocycles.